The van der Waals surface area contributed by atoms with Crippen LogP contribution in [0.1, 0.15) is 29.0 Å². The van der Waals surface area contributed by atoms with Gasteiger partial charge in [-0.15, -0.1) is 0 Å². The molecule has 0 N–H and O–H groups in total. The van der Waals surface area contributed by atoms with Gasteiger partial charge in [0.05, 0.1) is 0 Å². The van der Waals surface area contributed by atoms with Crippen LogP contribution in [0.2, 0.25) is 0 Å². The molecule has 1 aliphatic rings. The zero-order valence-corrected chi connectivity index (χ0v) is 11.2. The molecule has 1 aliphatic carbocycles. The van der Waals surface area contributed by atoms with Crippen LogP contribution in [0.5, 0.6) is 0 Å². The quantitative estimate of drug-likeness (QED) is 0.676. The van der Waals surface area contributed by atoms with Crippen LogP contribution < -0.4 is 0 Å². The molecule has 1 heteroatoms. The second-order valence-corrected chi connectivity index (χ2v) is 5.82. The van der Waals surface area contributed by atoms with Crippen LogP contribution in [0.25, 0.3) is 0 Å². The molecule has 0 nitrogen and oxygen atoms in total. The molecule has 86 valence electrons. The monoisotopic (exact) mass is 286 g/mol. The van der Waals surface area contributed by atoms with Crippen LogP contribution in [0.3, 0.4) is 0 Å². The van der Waals surface area contributed by atoms with Crippen LogP contribution in [-0.4, -0.2) is 4.83 Å². The highest BCUT2D eigenvalue weighted by atomic mass is 79.9. The van der Waals surface area contributed by atoms with E-state index in [0.717, 1.165) is 0 Å². The maximum absolute atomic E-state index is 3.86. The number of fused-ring (bicyclic) bond motifs is 1. The van der Waals surface area contributed by atoms with Crippen LogP contribution in [0.4, 0.5) is 0 Å². The summed E-state index contributed by atoms with van der Waals surface area (Å²) in [6, 6.07) is 19.7. The minimum atomic E-state index is 0.501. The van der Waals surface area contributed by atoms with Crippen molar-refractivity contribution < 1.29 is 0 Å². The van der Waals surface area contributed by atoms with Gasteiger partial charge in [-0.1, -0.05) is 70.5 Å². The van der Waals surface area contributed by atoms with E-state index in [0.29, 0.717) is 10.7 Å². The third-order valence-corrected chi connectivity index (χ3v) is 4.59. The van der Waals surface area contributed by atoms with Crippen molar-refractivity contribution in [2.75, 3.05) is 0 Å². The van der Waals surface area contributed by atoms with Gasteiger partial charge >= 0.3 is 0 Å². The Kier molecular flexibility index (Phi) is 3.02. The largest absolute Gasteiger partial charge is 0.0880 e. The summed E-state index contributed by atoms with van der Waals surface area (Å²) in [4.78, 5) is 0.555. The Labute approximate surface area is 111 Å². The highest BCUT2D eigenvalue weighted by Gasteiger charge is 2.28. The smallest absolute Gasteiger partial charge is 0.0258 e. The maximum atomic E-state index is 3.86. The molecule has 17 heavy (non-hydrogen) atoms. The number of rotatable bonds is 1. The minimum absolute atomic E-state index is 0.501. The molecular weight excluding hydrogens is 272 g/mol. The summed E-state index contributed by atoms with van der Waals surface area (Å²) >= 11 is 3.86. The molecule has 0 bridgehead atoms. The highest BCUT2D eigenvalue weighted by Crippen LogP contribution is 2.40. The van der Waals surface area contributed by atoms with E-state index in [1.54, 1.807) is 0 Å². The lowest BCUT2D eigenvalue weighted by molar-refractivity contribution is 0.641. The Bertz CT molecular complexity index is 504. The standard InChI is InChI=1S/C16H15Br/c17-15-11-10-12-6-4-5-9-14(12)16(15)13-7-2-1-3-8-13/h1-9,15-16H,10-11H2/t15-,16+/m1/s1. The van der Waals surface area contributed by atoms with E-state index in [2.05, 4.69) is 70.5 Å². The Balaban J connectivity index is 2.10. The zero-order chi connectivity index (χ0) is 11.7. The zero-order valence-electron chi connectivity index (χ0n) is 9.64. The number of benzene rings is 2. The summed E-state index contributed by atoms with van der Waals surface area (Å²) in [5.74, 6) is 0.501. The number of hydrogen-bond donors (Lipinski definition) is 0. The van der Waals surface area contributed by atoms with Crippen LogP contribution in [0, 0.1) is 0 Å². The number of alkyl halides is 1. The summed E-state index contributed by atoms with van der Waals surface area (Å²) < 4.78 is 0. The van der Waals surface area contributed by atoms with E-state index in [-0.39, 0.29) is 0 Å². The first-order valence-electron chi connectivity index (χ1n) is 6.13. The molecule has 0 spiro atoms. The summed E-state index contributed by atoms with van der Waals surface area (Å²) in [6.45, 7) is 0. The molecule has 2 aromatic carbocycles. The molecule has 0 amide bonds. The average Bonchev–Trinajstić information content (AvgIpc) is 2.39. The third-order valence-electron chi connectivity index (χ3n) is 3.60. The van der Waals surface area contributed by atoms with Gasteiger partial charge in [0.2, 0.25) is 0 Å². The van der Waals surface area contributed by atoms with E-state index in [4.69, 9.17) is 0 Å². The second-order valence-electron chi connectivity index (χ2n) is 4.64. The number of halogens is 1. The fraction of sp³-hybridized carbons (Fsp3) is 0.250. The van der Waals surface area contributed by atoms with Gasteiger partial charge in [0, 0.05) is 10.7 Å². The third kappa shape index (κ3) is 2.04. The second kappa shape index (κ2) is 4.66. The van der Waals surface area contributed by atoms with Gasteiger partial charge < -0.3 is 0 Å². The summed E-state index contributed by atoms with van der Waals surface area (Å²) in [6.07, 6.45) is 2.41. The van der Waals surface area contributed by atoms with Crippen molar-refractivity contribution in [1.82, 2.24) is 0 Å². The van der Waals surface area contributed by atoms with Gasteiger partial charge in [-0.3, -0.25) is 0 Å². The molecule has 0 aromatic heterocycles. The molecule has 0 saturated heterocycles. The number of aryl methyl sites for hydroxylation is 1. The fourth-order valence-electron chi connectivity index (χ4n) is 2.77. The molecule has 0 radical (unpaired) electrons. The summed E-state index contributed by atoms with van der Waals surface area (Å²) in [5, 5.41) is 0. The lowest BCUT2D eigenvalue weighted by Gasteiger charge is -2.30. The summed E-state index contributed by atoms with van der Waals surface area (Å²) in [5.41, 5.74) is 4.42. The molecule has 3 rings (SSSR count). The van der Waals surface area contributed by atoms with Gasteiger partial charge in [-0.05, 0) is 29.5 Å². The maximum Gasteiger partial charge on any atom is 0.0258 e. The van der Waals surface area contributed by atoms with E-state index >= 15 is 0 Å². The van der Waals surface area contributed by atoms with Crippen molar-refractivity contribution in [2.24, 2.45) is 0 Å². The topological polar surface area (TPSA) is 0 Å². The normalized spacial score (nSPS) is 23.1. The molecule has 2 atom stereocenters. The first kappa shape index (κ1) is 11.0. The lowest BCUT2D eigenvalue weighted by Crippen LogP contribution is -2.21. The molecule has 0 heterocycles. The van der Waals surface area contributed by atoms with Gasteiger partial charge in [0.1, 0.15) is 0 Å². The van der Waals surface area contributed by atoms with Crippen molar-refractivity contribution in [2.45, 2.75) is 23.6 Å². The van der Waals surface area contributed by atoms with Crippen molar-refractivity contribution >= 4 is 15.9 Å². The van der Waals surface area contributed by atoms with Gasteiger partial charge in [-0.25, -0.2) is 0 Å². The predicted molar refractivity (Wildman–Crippen MR) is 75.8 cm³/mol. The van der Waals surface area contributed by atoms with Gasteiger partial charge in [0.15, 0.2) is 0 Å². The number of hydrogen-bond acceptors (Lipinski definition) is 0. The predicted octanol–water partition coefficient (Wildman–Crippen LogP) is 4.53. The Hall–Kier alpha value is -1.08. The fourth-order valence-corrected chi connectivity index (χ4v) is 3.59. The van der Waals surface area contributed by atoms with E-state index in [9.17, 15) is 0 Å². The Morgan fingerprint density at radius 3 is 2.41 bits per heavy atom. The van der Waals surface area contributed by atoms with Crippen LogP contribution in [-0.2, 0) is 6.42 Å². The SMILES string of the molecule is Br[C@@H]1CCc2ccccc2[C@@H]1c1ccccc1. The molecule has 0 unspecified atom stereocenters. The molecule has 0 aliphatic heterocycles. The van der Waals surface area contributed by atoms with E-state index < -0.39 is 0 Å². The Morgan fingerprint density at radius 1 is 0.882 bits per heavy atom. The molecule has 0 fully saturated rings. The highest BCUT2D eigenvalue weighted by molar-refractivity contribution is 9.09. The van der Waals surface area contributed by atoms with Crippen LogP contribution >= 0.6 is 15.9 Å². The first-order chi connectivity index (χ1) is 8.36. The van der Waals surface area contributed by atoms with E-state index in [1.165, 1.54) is 29.5 Å². The minimum Gasteiger partial charge on any atom is -0.0880 e. The van der Waals surface area contributed by atoms with Crippen LogP contribution in [0.15, 0.2) is 54.6 Å². The molecule has 0 saturated carbocycles. The molecule has 2 aromatic rings. The molecular formula is C16H15Br. The first-order valence-corrected chi connectivity index (χ1v) is 7.04. The average molecular weight is 287 g/mol. The Morgan fingerprint density at radius 2 is 1.59 bits per heavy atom. The van der Waals surface area contributed by atoms with Crippen molar-refractivity contribution in [3.8, 4) is 0 Å². The van der Waals surface area contributed by atoms with E-state index in [1.807, 2.05) is 0 Å². The van der Waals surface area contributed by atoms with Crippen molar-refractivity contribution in [3.05, 3.63) is 71.3 Å². The van der Waals surface area contributed by atoms with Crippen molar-refractivity contribution in [3.63, 3.8) is 0 Å². The van der Waals surface area contributed by atoms with Gasteiger partial charge in [-0.2, -0.15) is 0 Å². The van der Waals surface area contributed by atoms with Gasteiger partial charge in [0.25, 0.3) is 0 Å². The summed E-state index contributed by atoms with van der Waals surface area (Å²) in [7, 11) is 0. The lowest BCUT2D eigenvalue weighted by atomic mass is 9.79. The van der Waals surface area contributed by atoms with Crippen molar-refractivity contribution in [1.29, 1.82) is 0 Å².